The van der Waals surface area contributed by atoms with E-state index in [0.717, 1.165) is 0 Å². The molecule has 0 aromatic carbocycles. The lowest BCUT2D eigenvalue weighted by atomic mass is 10.2. The molecule has 0 radical (unpaired) electrons. The monoisotopic (exact) mass is 223 g/mol. The first-order valence-corrected chi connectivity index (χ1v) is 4.78. The van der Waals surface area contributed by atoms with E-state index in [4.69, 9.17) is 10.8 Å². The van der Waals surface area contributed by atoms with Gasteiger partial charge in [-0.15, -0.1) is 0 Å². The first-order valence-electron chi connectivity index (χ1n) is 4.78. The Bertz CT molecular complexity index is 367. The number of aromatic nitrogens is 1. The number of pyridine rings is 1. The highest BCUT2D eigenvalue weighted by Gasteiger charge is 2.11. The number of amides is 1. The van der Waals surface area contributed by atoms with Gasteiger partial charge in [-0.3, -0.25) is 14.6 Å². The molecule has 1 aromatic heterocycles. The Hall–Kier alpha value is -1.95. The number of hydrogen-bond acceptors (Lipinski definition) is 4. The second-order valence-electron chi connectivity index (χ2n) is 3.23. The average Bonchev–Trinajstić information content (AvgIpc) is 2.29. The molecule has 86 valence electrons. The van der Waals surface area contributed by atoms with Crippen molar-refractivity contribution in [3.05, 3.63) is 30.1 Å². The van der Waals surface area contributed by atoms with Gasteiger partial charge in [-0.25, -0.2) is 0 Å². The Morgan fingerprint density at radius 3 is 2.88 bits per heavy atom. The molecule has 0 aliphatic heterocycles. The van der Waals surface area contributed by atoms with Crippen molar-refractivity contribution in [3.8, 4) is 0 Å². The number of nitrogens with one attached hydrogen (secondary N) is 1. The average molecular weight is 223 g/mol. The molecule has 1 aromatic rings. The minimum atomic E-state index is -1.07. The summed E-state index contributed by atoms with van der Waals surface area (Å²) in [5, 5.41) is 11.1. The first kappa shape index (κ1) is 12.1. The number of carboxylic acids is 1. The molecule has 6 heteroatoms. The zero-order valence-electron chi connectivity index (χ0n) is 8.59. The topological polar surface area (TPSA) is 105 Å². The van der Waals surface area contributed by atoms with Gasteiger partial charge in [0.1, 0.15) is 6.04 Å². The van der Waals surface area contributed by atoms with E-state index in [0.29, 0.717) is 5.56 Å². The van der Waals surface area contributed by atoms with Crippen LogP contribution in [0.4, 0.5) is 0 Å². The van der Waals surface area contributed by atoms with E-state index < -0.39 is 12.0 Å². The number of rotatable bonds is 5. The number of hydrogen-bond donors (Lipinski definition) is 3. The third kappa shape index (κ3) is 3.66. The van der Waals surface area contributed by atoms with Gasteiger partial charge in [-0.1, -0.05) is 0 Å². The van der Waals surface area contributed by atoms with Crippen molar-refractivity contribution in [2.45, 2.75) is 12.5 Å². The number of carboxylic acid groups (broad SMARTS) is 1. The largest absolute Gasteiger partial charge is 0.480 e. The van der Waals surface area contributed by atoms with E-state index in [9.17, 15) is 9.59 Å². The van der Waals surface area contributed by atoms with Gasteiger partial charge in [0.25, 0.3) is 5.91 Å². The van der Waals surface area contributed by atoms with Gasteiger partial charge in [0.05, 0.1) is 5.56 Å². The highest BCUT2D eigenvalue weighted by molar-refractivity contribution is 5.93. The highest BCUT2D eigenvalue weighted by atomic mass is 16.4. The summed E-state index contributed by atoms with van der Waals surface area (Å²) in [5.74, 6) is -1.36. The summed E-state index contributed by atoms with van der Waals surface area (Å²) >= 11 is 0. The Kier molecular flexibility index (Phi) is 4.41. The Labute approximate surface area is 92.5 Å². The molecule has 0 saturated heterocycles. The predicted octanol–water partition coefficient (Wildman–Crippen LogP) is -0.387. The summed E-state index contributed by atoms with van der Waals surface area (Å²) in [7, 11) is 0. The van der Waals surface area contributed by atoms with Gasteiger partial charge in [0.15, 0.2) is 0 Å². The SMILES string of the molecule is N[C@@H](CCNC(=O)c1cccnc1)C(=O)O. The molecule has 0 unspecified atom stereocenters. The Balaban J connectivity index is 2.34. The Morgan fingerprint density at radius 1 is 1.56 bits per heavy atom. The maximum absolute atomic E-state index is 11.5. The molecule has 1 amide bonds. The lowest BCUT2D eigenvalue weighted by Crippen LogP contribution is -2.35. The summed E-state index contributed by atoms with van der Waals surface area (Å²) < 4.78 is 0. The molecule has 0 saturated carbocycles. The number of carbonyl (C=O) groups is 2. The number of carbonyl (C=O) groups excluding carboxylic acids is 1. The van der Waals surface area contributed by atoms with Crippen LogP contribution >= 0.6 is 0 Å². The molecular formula is C10H13N3O3. The summed E-state index contributed by atoms with van der Waals surface area (Å²) in [6.45, 7) is 0.223. The van der Waals surface area contributed by atoms with Gasteiger partial charge in [-0.2, -0.15) is 0 Å². The molecule has 0 spiro atoms. The summed E-state index contributed by atoms with van der Waals surface area (Å²) in [5.41, 5.74) is 5.71. The lowest BCUT2D eigenvalue weighted by Gasteiger charge is -2.07. The van der Waals surface area contributed by atoms with Crippen LogP contribution in [0, 0.1) is 0 Å². The molecule has 16 heavy (non-hydrogen) atoms. The molecule has 0 fully saturated rings. The fraction of sp³-hybridized carbons (Fsp3) is 0.300. The molecule has 4 N–H and O–H groups in total. The van der Waals surface area contributed by atoms with Crippen molar-refractivity contribution < 1.29 is 14.7 Å². The minimum absolute atomic E-state index is 0.196. The Morgan fingerprint density at radius 2 is 2.31 bits per heavy atom. The number of nitrogens with two attached hydrogens (primary N) is 1. The third-order valence-electron chi connectivity index (χ3n) is 1.98. The van der Waals surface area contributed by atoms with Crippen LogP contribution in [-0.4, -0.2) is 34.6 Å². The van der Waals surface area contributed by atoms with E-state index in [-0.39, 0.29) is 18.9 Å². The minimum Gasteiger partial charge on any atom is -0.480 e. The van der Waals surface area contributed by atoms with Gasteiger partial charge in [-0.05, 0) is 18.6 Å². The van der Waals surface area contributed by atoms with Crippen LogP contribution in [0.1, 0.15) is 16.8 Å². The predicted molar refractivity (Wildman–Crippen MR) is 56.8 cm³/mol. The summed E-state index contributed by atoms with van der Waals surface area (Å²) in [4.78, 5) is 25.7. The fourth-order valence-corrected chi connectivity index (χ4v) is 1.06. The second kappa shape index (κ2) is 5.82. The van der Waals surface area contributed by atoms with Crippen molar-refractivity contribution in [1.29, 1.82) is 0 Å². The molecule has 1 atom stereocenters. The third-order valence-corrected chi connectivity index (χ3v) is 1.98. The summed E-state index contributed by atoms with van der Waals surface area (Å²) in [6, 6.07) is 2.33. The molecule has 1 rings (SSSR count). The number of aliphatic carboxylic acids is 1. The van der Waals surface area contributed by atoms with Crippen molar-refractivity contribution >= 4 is 11.9 Å². The van der Waals surface area contributed by atoms with Crippen molar-refractivity contribution in [2.24, 2.45) is 5.73 Å². The molecule has 1 heterocycles. The quantitative estimate of drug-likeness (QED) is 0.630. The molecule has 0 bridgehead atoms. The second-order valence-corrected chi connectivity index (χ2v) is 3.23. The number of nitrogens with zero attached hydrogens (tertiary/aromatic N) is 1. The van der Waals surface area contributed by atoms with E-state index in [1.807, 2.05) is 0 Å². The van der Waals surface area contributed by atoms with Gasteiger partial charge in [0, 0.05) is 18.9 Å². The standard InChI is InChI=1S/C10H13N3O3/c11-8(10(15)16)3-5-13-9(14)7-2-1-4-12-6-7/h1-2,4,6,8H,3,5,11H2,(H,13,14)(H,15,16)/t8-/m0/s1. The lowest BCUT2D eigenvalue weighted by molar-refractivity contribution is -0.138. The van der Waals surface area contributed by atoms with Gasteiger partial charge < -0.3 is 16.2 Å². The van der Waals surface area contributed by atoms with Crippen LogP contribution in [0.15, 0.2) is 24.5 Å². The van der Waals surface area contributed by atoms with Crippen LogP contribution < -0.4 is 11.1 Å². The van der Waals surface area contributed by atoms with Crippen molar-refractivity contribution in [3.63, 3.8) is 0 Å². The maximum Gasteiger partial charge on any atom is 0.320 e. The van der Waals surface area contributed by atoms with Crippen LogP contribution in [-0.2, 0) is 4.79 Å². The van der Waals surface area contributed by atoms with Gasteiger partial charge >= 0.3 is 5.97 Å². The molecule has 0 aliphatic carbocycles. The van der Waals surface area contributed by atoms with Gasteiger partial charge in [0.2, 0.25) is 0 Å². The van der Waals surface area contributed by atoms with Crippen molar-refractivity contribution in [1.82, 2.24) is 10.3 Å². The zero-order chi connectivity index (χ0) is 12.0. The molecule has 6 nitrogen and oxygen atoms in total. The van der Waals surface area contributed by atoms with Crippen LogP contribution in [0.3, 0.4) is 0 Å². The van der Waals surface area contributed by atoms with E-state index in [1.165, 1.54) is 6.20 Å². The van der Waals surface area contributed by atoms with E-state index >= 15 is 0 Å². The zero-order valence-corrected chi connectivity index (χ0v) is 8.59. The highest BCUT2D eigenvalue weighted by Crippen LogP contribution is 1.95. The smallest absolute Gasteiger partial charge is 0.320 e. The fourth-order valence-electron chi connectivity index (χ4n) is 1.06. The molecule has 0 aliphatic rings. The van der Waals surface area contributed by atoms with E-state index in [2.05, 4.69) is 10.3 Å². The van der Waals surface area contributed by atoms with E-state index in [1.54, 1.807) is 18.3 Å². The molecular weight excluding hydrogens is 210 g/mol. The maximum atomic E-state index is 11.5. The first-order chi connectivity index (χ1) is 7.61. The normalized spacial score (nSPS) is 11.8. The van der Waals surface area contributed by atoms with Crippen LogP contribution in [0.2, 0.25) is 0 Å². The summed E-state index contributed by atoms with van der Waals surface area (Å²) in [6.07, 6.45) is 3.20. The van der Waals surface area contributed by atoms with Crippen LogP contribution in [0.25, 0.3) is 0 Å². The van der Waals surface area contributed by atoms with Crippen LogP contribution in [0.5, 0.6) is 0 Å². The van der Waals surface area contributed by atoms with Crippen molar-refractivity contribution in [2.75, 3.05) is 6.54 Å².